The predicted octanol–water partition coefficient (Wildman–Crippen LogP) is 1.72. The fourth-order valence-electron chi connectivity index (χ4n) is 2.00. The van der Waals surface area contributed by atoms with Crippen molar-refractivity contribution in [1.82, 2.24) is 4.90 Å². The topological polar surface area (TPSA) is 60.8 Å². The van der Waals surface area contributed by atoms with E-state index in [-0.39, 0.29) is 13.0 Å². The lowest BCUT2D eigenvalue weighted by molar-refractivity contribution is -0.137. The molecule has 0 amide bonds. The van der Waals surface area contributed by atoms with Gasteiger partial charge in [-0.2, -0.15) is 0 Å². The normalized spacial score (nSPS) is 11.3. The van der Waals surface area contributed by atoms with Crippen molar-refractivity contribution in [3.05, 3.63) is 0 Å². The van der Waals surface area contributed by atoms with Crippen LogP contribution in [-0.2, 0) is 4.79 Å². The average Bonchev–Trinajstić information content (AvgIpc) is 2.25. The van der Waals surface area contributed by atoms with Gasteiger partial charge in [-0.25, -0.2) is 0 Å². The SMILES string of the molecule is CCC(CC)N(CCO)CCCCC(=O)O. The Hall–Kier alpha value is -0.610. The van der Waals surface area contributed by atoms with Gasteiger partial charge in [-0.1, -0.05) is 13.8 Å². The van der Waals surface area contributed by atoms with Crippen LogP contribution in [0.25, 0.3) is 0 Å². The van der Waals surface area contributed by atoms with Crippen molar-refractivity contribution in [3.63, 3.8) is 0 Å². The van der Waals surface area contributed by atoms with E-state index in [1.54, 1.807) is 0 Å². The minimum Gasteiger partial charge on any atom is -0.481 e. The number of rotatable bonds is 10. The number of aliphatic carboxylic acids is 1. The summed E-state index contributed by atoms with van der Waals surface area (Å²) >= 11 is 0. The third kappa shape index (κ3) is 6.80. The number of carboxylic acid groups (broad SMARTS) is 1. The molecule has 4 nitrogen and oxygen atoms in total. The average molecular weight is 231 g/mol. The van der Waals surface area contributed by atoms with Gasteiger partial charge in [-0.15, -0.1) is 0 Å². The predicted molar refractivity (Wildman–Crippen MR) is 64.5 cm³/mol. The second-order valence-corrected chi connectivity index (χ2v) is 4.08. The molecule has 0 unspecified atom stereocenters. The number of nitrogens with zero attached hydrogens (tertiary/aromatic N) is 1. The molecule has 0 spiro atoms. The Balaban J connectivity index is 3.87. The molecule has 4 heteroatoms. The van der Waals surface area contributed by atoms with Gasteiger partial charge in [-0.05, 0) is 32.2 Å². The third-order valence-electron chi connectivity index (χ3n) is 2.93. The van der Waals surface area contributed by atoms with Gasteiger partial charge in [-0.3, -0.25) is 9.69 Å². The number of carbonyl (C=O) groups is 1. The second-order valence-electron chi connectivity index (χ2n) is 4.08. The van der Waals surface area contributed by atoms with E-state index in [0.717, 1.165) is 32.2 Å². The maximum atomic E-state index is 10.4. The fourth-order valence-corrected chi connectivity index (χ4v) is 2.00. The van der Waals surface area contributed by atoms with Crippen LogP contribution in [0.2, 0.25) is 0 Å². The quantitative estimate of drug-likeness (QED) is 0.562. The number of hydrogen-bond donors (Lipinski definition) is 2. The van der Waals surface area contributed by atoms with Crippen LogP contribution in [-0.4, -0.2) is 46.8 Å². The monoisotopic (exact) mass is 231 g/mol. The molecule has 96 valence electrons. The van der Waals surface area contributed by atoms with Crippen molar-refractivity contribution in [3.8, 4) is 0 Å². The minimum atomic E-state index is -0.726. The highest BCUT2D eigenvalue weighted by atomic mass is 16.4. The van der Waals surface area contributed by atoms with E-state index in [2.05, 4.69) is 18.7 Å². The zero-order valence-corrected chi connectivity index (χ0v) is 10.5. The van der Waals surface area contributed by atoms with Crippen LogP contribution >= 0.6 is 0 Å². The second kappa shape index (κ2) is 9.60. The maximum Gasteiger partial charge on any atom is 0.303 e. The van der Waals surface area contributed by atoms with E-state index in [0.29, 0.717) is 12.6 Å². The van der Waals surface area contributed by atoms with E-state index in [1.807, 2.05) is 0 Å². The van der Waals surface area contributed by atoms with Crippen LogP contribution in [0.4, 0.5) is 0 Å². The molecule has 0 saturated heterocycles. The summed E-state index contributed by atoms with van der Waals surface area (Å²) in [6.45, 7) is 6.06. The number of unbranched alkanes of at least 4 members (excludes halogenated alkanes) is 1. The molecule has 0 aromatic carbocycles. The van der Waals surface area contributed by atoms with Gasteiger partial charge in [0.2, 0.25) is 0 Å². The molecule has 16 heavy (non-hydrogen) atoms. The van der Waals surface area contributed by atoms with Crippen molar-refractivity contribution in [1.29, 1.82) is 0 Å². The van der Waals surface area contributed by atoms with E-state index < -0.39 is 5.97 Å². The zero-order chi connectivity index (χ0) is 12.4. The van der Waals surface area contributed by atoms with Gasteiger partial charge in [0.1, 0.15) is 0 Å². The molecule has 0 aromatic heterocycles. The van der Waals surface area contributed by atoms with E-state index in [4.69, 9.17) is 10.2 Å². The molecular formula is C12H25NO3. The van der Waals surface area contributed by atoms with Crippen LogP contribution in [0.1, 0.15) is 46.0 Å². The summed E-state index contributed by atoms with van der Waals surface area (Å²) in [5, 5.41) is 17.5. The Morgan fingerprint density at radius 2 is 1.81 bits per heavy atom. The Bertz CT molecular complexity index is 181. The first kappa shape index (κ1) is 15.4. The first-order valence-electron chi connectivity index (χ1n) is 6.22. The van der Waals surface area contributed by atoms with E-state index >= 15 is 0 Å². The van der Waals surface area contributed by atoms with Gasteiger partial charge >= 0.3 is 5.97 Å². The molecule has 0 heterocycles. The molecule has 0 aliphatic rings. The van der Waals surface area contributed by atoms with Crippen molar-refractivity contribution in [2.24, 2.45) is 0 Å². The molecular weight excluding hydrogens is 206 g/mol. The smallest absolute Gasteiger partial charge is 0.303 e. The largest absolute Gasteiger partial charge is 0.481 e. The van der Waals surface area contributed by atoms with Crippen LogP contribution in [0.3, 0.4) is 0 Å². The van der Waals surface area contributed by atoms with Crippen LogP contribution in [0.15, 0.2) is 0 Å². The first-order valence-corrected chi connectivity index (χ1v) is 6.22. The van der Waals surface area contributed by atoms with Crippen LogP contribution in [0.5, 0.6) is 0 Å². The molecule has 0 aliphatic carbocycles. The molecule has 2 N–H and O–H groups in total. The van der Waals surface area contributed by atoms with Crippen molar-refractivity contribution in [2.45, 2.75) is 52.0 Å². The molecule has 0 bridgehead atoms. The highest BCUT2D eigenvalue weighted by Gasteiger charge is 2.13. The van der Waals surface area contributed by atoms with Gasteiger partial charge in [0.15, 0.2) is 0 Å². The maximum absolute atomic E-state index is 10.4. The molecule has 0 rings (SSSR count). The Kier molecular flexibility index (Phi) is 9.24. The molecule has 0 atom stereocenters. The summed E-state index contributed by atoms with van der Waals surface area (Å²) in [6, 6.07) is 0.511. The number of aliphatic hydroxyl groups is 1. The Morgan fingerprint density at radius 3 is 2.25 bits per heavy atom. The number of hydrogen-bond acceptors (Lipinski definition) is 3. The van der Waals surface area contributed by atoms with Crippen LogP contribution in [0, 0.1) is 0 Å². The van der Waals surface area contributed by atoms with Crippen molar-refractivity contribution < 1.29 is 15.0 Å². The standard InChI is InChI=1S/C12H25NO3/c1-3-11(4-2)13(9-10-14)8-6-5-7-12(15)16/h11,14H,3-10H2,1-2H3,(H,15,16). The van der Waals surface area contributed by atoms with Crippen molar-refractivity contribution in [2.75, 3.05) is 19.7 Å². The summed E-state index contributed by atoms with van der Waals surface area (Å²) < 4.78 is 0. The van der Waals surface area contributed by atoms with Gasteiger partial charge in [0, 0.05) is 19.0 Å². The fraction of sp³-hybridized carbons (Fsp3) is 0.917. The van der Waals surface area contributed by atoms with Gasteiger partial charge in [0.25, 0.3) is 0 Å². The molecule has 0 radical (unpaired) electrons. The summed E-state index contributed by atoms with van der Waals surface area (Å²) in [7, 11) is 0. The van der Waals surface area contributed by atoms with E-state index in [1.165, 1.54) is 0 Å². The molecule has 0 aromatic rings. The minimum absolute atomic E-state index is 0.176. The summed E-state index contributed by atoms with van der Waals surface area (Å²) in [5.74, 6) is -0.726. The molecule has 0 aliphatic heterocycles. The highest BCUT2D eigenvalue weighted by molar-refractivity contribution is 5.66. The Labute approximate surface area is 98.3 Å². The zero-order valence-electron chi connectivity index (χ0n) is 10.5. The third-order valence-corrected chi connectivity index (χ3v) is 2.93. The summed E-state index contributed by atoms with van der Waals surface area (Å²) in [4.78, 5) is 12.6. The lowest BCUT2D eigenvalue weighted by Crippen LogP contribution is -2.37. The lowest BCUT2D eigenvalue weighted by Gasteiger charge is -2.29. The summed E-state index contributed by atoms with van der Waals surface area (Å²) in [5.41, 5.74) is 0. The van der Waals surface area contributed by atoms with Crippen molar-refractivity contribution >= 4 is 5.97 Å². The highest BCUT2D eigenvalue weighted by Crippen LogP contribution is 2.10. The van der Waals surface area contributed by atoms with E-state index in [9.17, 15) is 4.79 Å². The Morgan fingerprint density at radius 1 is 1.19 bits per heavy atom. The molecule has 0 saturated carbocycles. The number of carboxylic acids is 1. The summed E-state index contributed by atoms with van der Waals surface area (Å²) in [6.07, 6.45) is 4.01. The van der Waals surface area contributed by atoms with Crippen LogP contribution < -0.4 is 0 Å². The molecule has 0 fully saturated rings. The van der Waals surface area contributed by atoms with Gasteiger partial charge < -0.3 is 10.2 Å². The number of aliphatic hydroxyl groups excluding tert-OH is 1. The lowest BCUT2D eigenvalue weighted by atomic mass is 10.1. The first-order chi connectivity index (χ1) is 7.65. The van der Waals surface area contributed by atoms with Gasteiger partial charge in [0.05, 0.1) is 6.61 Å².